The van der Waals surface area contributed by atoms with E-state index in [-0.39, 0.29) is 24.3 Å². The van der Waals surface area contributed by atoms with Crippen molar-refractivity contribution in [2.75, 3.05) is 13.1 Å². The summed E-state index contributed by atoms with van der Waals surface area (Å²) in [6.07, 6.45) is 1.27. The lowest BCUT2D eigenvalue weighted by Crippen LogP contribution is -2.49. The molecule has 0 aliphatic carbocycles. The van der Waals surface area contributed by atoms with Gasteiger partial charge in [-0.15, -0.1) is 0 Å². The summed E-state index contributed by atoms with van der Waals surface area (Å²) in [6.45, 7) is 7.72. The highest BCUT2D eigenvalue weighted by molar-refractivity contribution is 5.89. The summed E-state index contributed by atoms with van der Waals surface area (Å²) in [4.78, 5) is 35.8. The van der Waals surface area contributed by atoms with Crippen LogP contribution in [0.15, 0.2) is 0 Å². The Morgan fingerprint density at radius 3 is 2.21 bits per heavy atom. The van der Waals surface area contributed by atoms with Crippen molar-refractivity contribution in [3.8, 4) is 0 Å². The quantitative estimate of drug-likeness (QED) is 0.663. The summed E-state index contributed by atoms with van der Waals surface area (Å²) in [5.41, 5.74) is 5.25. The minimum absolute atomic E-state index is 0.0367. The molecule has 0 radical (unpaired) electrons. The Bertz CT molecular complexity index is 329. The van der Waals surface area contributed by atoms with Gasteiger partial charge in [-0.25, -0.2) is 0 Å². The van der Waals surface area contributed by atoms with Crippen LogP contribution >= 0.6 is 0 Å². The van der Waals surface area contributed by atoms with E-state index < -0.39 is 11.9 Å². The maximum absolute atomic E-state index is 11.8. The highest BCUT2D eigenvalue weighted by atomic mass is 16.2. The molecule has 0 rings (SSSR count). The maximum Gasteiger partial charge on any atom is 0.240 e. The number of hydrogen-bond acceptors (Lipinski definition) is 3. The molecule has 3 amide bonds. The van der Waals surface area contributed by atoms with Crippen LogP contribution in [0.5, 0.6) is 0 Å². The molecule has 3 N–H and O–H groups in total. The van der Waals surface area contributed by atoms with Gasteiger partial charge in [0.1, 0.15) is 6.04 Å². The summed E-state index contributed by atoms with van der Waals surface area (Å²) in [5, 5.41) is 2.58. The van der Waals surface area contributed by atoms with Crippen LogP contribution in [0.2, 0.25) is 0 Å². The molecule has 0 spiro atoms. The molecule has 110 valence electrons. The SMILES string of the molecule is CCCN(CC(=O)NC(CC(C)C)C(N)=O)C(C)=O. The van der Waals surface area contributed by atoms with E-state index in [2.05, 4.69) is 5.32 Å². The molecule has 0 aliphatic rings. The van der Waals surface area contributed by atoms with E-state index in [1.165, 1.54) is 11.8 Å². The second-order valence-corrected chi connectivity index (χ2v) is 5.09. The van der Waals surface area contributed by atoms with Gasteiger partial charge >= 0.3 is 0 Å². The lowest BCUT2D eigenvalue weighted by atomic mass is 10.0. The predicted molar refractivity (Wildman–Crippen MR) is 73.1 cm³/mol. The van der Waals surface area contributed by atoms with E-state index in [9.17, 15) is 14.4 Å². The standard InChI is InChI=1S/C13H25N3O3/c1-5-6-16(10(4)17)8-12(18)15-11(13(14)19)7-9(2)3/h9,11H,5-8H2,1-4H3,(H2,14,19)(H,15,18). The van der Waals surface area contributed by atoms with Gasteiger partial charge < -0.3 is 16.0 Å². The molecule has 0 aromatic carbocycles. The van der Waals surface area contributed by atoms with Gasteiger partial charge in [-0.1, -0.05) is 20.8 Å². The smallest absolute Gasteiger partial charge is 0.240 e. The van der Waals surface area contributed by atoms with Crippen LogP contribution in [0.1, 0.15) is 40.5 Å². The first-order valence-corrected chi connectivity index (χ1v) is 6.62. The summed E-state index contributed by atoms with van der Waals surface area (Å²) in [6, 6.07) is -0.678. The van der Waals surface area contributed by atoms with Crippen LogP contribution in [-0.4, -0.2) is 41.8 Å². The average Bonchev–Trinajstić information content (AvgIpc) is 2.26. The summed E-state index contributed by atoms with van der Waals surface area (Å²) in [7, 11) is 0. The van der Waals surface area contributed by atoms with E-state index in [4.69, 9.17) is 5.73 Å². The lowest BCUT2D eigenvalue weighted by molar-refractivity contribution is -0.135. The molecule has 0 aromatic heterocycles. The third-order valence-corrected chi connectivity index (χ3v) is 2.66. The van der Waals surface area contributed by atoms with Gasteiger partial charge in [0.2, 0.25) is 17.7 Å². The fraction of sp³-hybridized carbons (Fsp3) is 0.769. The van der Waals surface area contributed by atoms with Crippen LogP contribution in [0, 0.1) is 5.92 Å². The Labute approximate surface area is 114 Å². The molecule has 1 atom stereocenters. The molecule has 0 bridgehead atoms. The zero-order valence-electron chi connectivity index (χ0n) is 12.2. The average molecular weight is 271 g/mol. The van der Waals surface area contributed by atoms with Gasteiger partial charge in [0, 0.05) is 13.5 Å². The molecule has 0 saturated heterocycles. The largest absolute Gasteiger partial charge is 0.368 e. The first kappa shape index (κ1) is 17.4. The molecule has 0 heterocycles. The molecule has 0 saturated carbocycles. The van der Waals surface area contributed by atoms with Gasteiger partial charge in [-0.05, 0) is 18.8 Å². The van der Waals surface area contributed by atoms with Crippen LogP contribution < -0.4 is 11.1 Å². The number of nitrogens with two attached hydrogens (primary N) is 1. The van der Waals surface area contributed by atoms with Crippen LogP contribution in [0.3, 0.4) is 0 Å². The molecule has 0 fully saturated rings. The topological polar surface area (TPSA) is 92.5 Å². The molecule has 6 nitrogen and oxygen atoms in total. The van der Waals surface area contributed by atoms with E-state index in [1.807, 2.05) is 20.8 Å². The second kappa shape index (κ2) is 8.50. The number of rotatable bonds is 8. The minimum atomic E-state index is -0.678. The van der Waals surface area contributed by atoms with Crippen molar-refractivity contribution in [3.05, 3.63) is 0 Å². The minimum Gasteiger partial charge on any atom is -0.368 e. The fourth-order valence-electron chi connectivity index (χ4n) is 1.75. The molecule has 0 aliphatic heterocycles. The molecule has 0 aromatic rings. The first-order chi connectivity index (χ1) is 8.77. The number of amides is 3. The Balaban J connectivity index is 4.47. The summed E-state index contributed by atoms with van der Waals surface area (Å²) >= 11 is 0. The van der Waals surface area contributed by atoms with Crippen molar-refractivity contribution < 1.29 is 14.4 Å². The van der Waals surface area contributed by atoms with Crippen LogP contribution in [0.4, 0.5) is 0 Å². The molecule has 1 unspecified atom stereocenters. The highest BCUT2D eigenvalue weighted by Gasteiger charge is 2.21. The Morgan fingerprint density at radius 1 is 1.26 bits per heavy atom. The molecular weight excluding hydrogens is 246 g/mol. The fourth-order valence-corrected chi connectivity index (χ4v) is 1.75. The van der Waals surface area contributed by atoms with Crippen molar-refractivity contribution in [1.82, 2.24) is 10.2 Å². The van der Waals surface area contributed by atoms with Crippen molar-refractivity contribution in [2.24, 2.45) is 11.7 Å². The van der Waals surface area contributed by atoms with Gasteiger partial charge in [0.05, 0.1) is 6.54 Å². The summed E-state index contributed by atoms with van der Waals surface area (Å²) < 4.78 is 0. The van der Waals surface area contributed by atoms with Crippen molar-refractivity contribution >= 4 is 17.7 Å². The normalized spacial score (nSPS) is 12.1. The van der Waals surface area contributed by atoms with Gasteiger partial charge in [-0.3, -0.25) is 14.4 Å². The molecule has 6 heteroatoms. The third-order valence-electron chi connectivity index (χ3n) is 2.66. The van der Waals surface area contributed by atoms with Crippen molar-refractivity contribution in [2.45, 2.75) is 46.6 Å². The van der Waals surface area contributed by atoms with Gasteiger partial charge in [0.15, 0.2) is 0 Å². The first-order valence-electron chi connectivity index (χ1n) is 6.62. The van der Waals surface area contributed by atoms with E-state index in [0.29, 0.717) is 13.0 Å². The van der Waals surface area contributed by atoms with Crippen LogP contribution in [0.25, 0.3) is 0 Å². The Kier molecular flexibility index (Phi) is 7.79. The van der Waals surface area contributed by atoms with Crippen molar-refractivity contribution in [3.63, 3.8) is 0 Å². The van der Waals surface area contributed by atoms with Crippen LogP contribution in [-0.2, 0) is 14.4 Å². The number of carbonyl (C=O) groups excluding carboxylic acids is 3. The van der Waals surface area contributed by atoms with E-state index >= 15 is 0 Å². The molecular formula is C13H25N3O3. The van der Waals surface area contributed by atoms with E-state index in [1.54, 1.807) is 0 Å². The Hall–Kier alpha value is -1.59. The number of hydrogen-bond donors (Lipinski definition) is 2. The molecule has 19 heavy (non-hydrogen) atoms. The number of nitrogens with one attached hydrogen (secondary N) is 1. The number of nitrogens with zero attached hydrogens (tertiary/aromatic N) is 1. The lowest BCUT2D eigenvalue weighted by Gasteiger charge is -2.22. The maximum atomic E-state index is 11.8. The zero-order chi connectivity index (χ0) is 15.0. The van der Waals surface area contributed by atoms with E-state index in [0.717, 1.165) is 6.42 Å². The second-order valence-electron chi connectivity index (χ2n) is 5.09. The predicted octanol–water partition coefficient (Wildman–Crippen LogP) is 0.261. The monoisotopic (exact) mass is 271 g/mol. The third kappa shape index (κ3) is 7.43. The number of primary amides is 1. The summed E-state index contributed by atoms with van der Waals surface area (Å²) in [5.74, 6) is -0.811. The van der Waals surface area contributed by atoms with Gasteiger partial charge in [0.25, 0.3) is 0 Å². The van der Waals surface area contributed by atoms with Crippen molar-refractivity contribution in [1.29, 1.82) is 0 Å². The zero-order valence-corrected chi connectivity index (χ0v) is 12.2. The highest BCUT2D eigenvalue weighted by Crippen LogP contribution is 2.04. The Morgan fingerprint density at radius 2 is 1.84 bits per heavy atom. The van der Waals surface area contributed by atoms with Gasteiger partial charge in [-0.2, -0.15) is 0 Å². The number of carbonyl (C=O) groups is 3.